The molecule has 0 N–H and O–H groups in total. The number of carbonyl (C=O) groups is 1. The second-order valence-electron chi connectivity index (χ2n) is 1.60. The summed E-state index contributed by atoms with van der Waals surface area (Å²) in [5.41, 5.74) is 0. The Labute approximate surface area is 74.8 Å². The van der Waals surface area contributed by atoms with Gasteiger partial charge in [-0.1, -0.05) is 19.0 Å². The third kappa shape index (κ3) is 2.52. The molecule has 0 atom stereocenters. The summed E-state index contributed by atoms with van der Waals surface area (Å²) in [4.78, 5) is 11.3. The van der Waals surface area contributed by atoms with E-state index < -0.39 is 0 Å². The molecule has 1 aromatic rings. The van der Waals surface area contributed by atoms with Crippen LogP contribution in [0.1, 0.15) is 17.1 Å². The maximum absolute atomic E-state index is 10.8. The van der Waals surface area contributed by atoms with E-state index in [1.165, 1.54) is 18.4 Å². The first-order valence-electron chi connectivity index (χ1n) is 2.57. The minimum absolute atomic E-state index is 0. The number of rotatable bonds is 1. The van der Waals surface area contributed by atoms with Crippen LogP contribution in [0.5, 0.6) is 0 Å². The normalized spacial score (nSPS) is 8.55. The molecular weight excluding hydrogens is 184 g/mol. The number of halogens is 1. The predicted octanol–water partition coefficient (Wildman–Crippen LogP) is 2.82. The molecule has 0 saturated carbocycles. The zero-order valence-electron chi connectivity index (χ0n) is 5.26. The third-order valence-corrected chi connectivity index (χ3v) is 2.17. The highest BCUT2D eigenvalue weighted by Gasteiger charge is 2.06. The number of carbonyl (C=O) groups excluding carboxylic acids is 1. The molecule has 0 spiro atoms. The van der Waals surface area contributed by atoms with Crippen LogP contribution in [0, 0.1) is 0 Å². The van der Waals surface area contributed by atoms with Crippen molar-refractivity contribution in [1.29, 1.82) is 0 Å². The van der Waals surface area contributed by atoms with Crippen LogP contribution in [-0.4, -0.2) is 13.1 Å². The fourth-order valence-corrected chi connectivity index (χ4v) is 1.49. The van der Waals surface area contributed by atoms with Gasteiger partial charge in [0.2, 0.25) is 0 Å². The first kappa shape index (κ1) is 10.5. The van der Waals surface area contributed by atoms with Crippen molar-refractivity contribution in [2.24, 2.45) is 0 Å². The molecule has 0 bridgehead atoms. The highest BCUT2D eigenvalue weighted by molar-refractivity contribution is 7.17. The maximum Gasteiger partial charge on any atom is 0.348 e. The molecule has 0 aliphatic carbocycles. The van der Waals surface area contributed by atoms with Crippen molar-refractivity contribution in [2.45, 2.75) is 7.43 Å². The van der Waals surface area contributed by atoms with Gasteiger partial charge in [-0.3, -0.25) is 0 Å². The largest absolute Gasteiger partial charge is 0.465 e. The number of esters is 1. The molecule has 0 radical (unpaired) electrons. The molecule has 0 aliphatic heterocycles. The van der Waals surface area contributed by atoms with Gasteiger partial charge in [-0.05, 0) is 12.1 Å². The van der Waals surface area contributed by atoms with Gasteiger partial charge >= 0.3 is 5.97 Å². The first-order valence-corrected chi connectivity index (χ1v) is 3.77. The maximum atomic E-state index is 10.8. The number of ether oxygens (including phenoxy) is 1. The summed E-state index contributed by atoms with van der Waals surface area (Å²) in [6.45, 7) is 0. The number of hydrogen-bond acceptors (Lipinski definition) is 3. The van der Waals surface area contributed by atoms with Crippen molar-refractivity contribution in [3.05, 3.63) is 21.3 Å². The predicted molar refractivity (Wildman–Crippen MR) is 47.4 cm³/mol. The van der Waals surface area contributed by atoms with Crippen molar-refractivity contribution in [3.8, 4) is 0 Å². The zero-order valence-corrected chi connectivity index (χ0v) is 6.83. The Kier molecular flexibility index (Phi) is 4.15. The summed E-state index contributed by atoms with van der Waals surface area (Å²) < 4.78 is 5.06. The SMILES string of the molecule is C.COC(=O)c1ccc(Cl)s1. The molecule has 62 valence electrons. The van der Waals surface area contributed by atoms with Crippen LogP contribution in [-0.2, 0) is 4.74 Å². The Bertz CT molecular complexity index is 244. The van der Waals surface area contributed by atoms with Crippen LogP contribution >= 0.6 is 22.9 Å². The van der Waals surface area contributed by atoms with Crippen LogP contribution in [0.3, 0.4) is 0 Å². The van der Waals surface area contributed by atoms with Crippen molar-refractivity contribution in [3.63, 3.8) is 0 Å². The van der Waals surface area contributed by atoms with E-state index in [4.69, 9.17) is 11.6 Å². The second-order valence-corrected chi connectivity index (χ2v) is 3.31. The van der Waals surface area contributed by atoms with Gasteiger partial charge in [-0.25, -0.2) is 4.79 Å². The van der Waals surface area contributed by atoms with Crippen LogP contribution < -0.4 is 0 Å². The summed E-state index contributed by atoms with van der Waals surface area (Å²) in [5.74, 6) is -0.336. The smallest absolute Gasteiger partial charge is 0.348 e. The van der Waals surface area contributed by atoms with Crippen LogP contribution in [0.2, 0.25) is 4.34 Å². The summed E-state index contributed by atoms with van der Waals surface area (Å²) in [5, 5.41) is 0. The molecule has 0 aliphatic rings. The summed E-state index contributed by atoms with van der Waals surface area (Å²) in [7, 11) is 1.34. The highest BCUT2D eigenvalue weighted by Crippen LogP contribution is 2.21. The quantitative estimate of drug-likeness (QED) is 0.640. The lowest BCUT2D eigenvalue weighted by Gasteiger charge is -1.90. The van der Waals surface area contributed by atoms with E-state index in [1.54, 1.807) is 12.1 Å². The van der Waals surface area contributed by atoms with Gasteiger partial charge in [0.15, 0.2) is 0 Å². The lowest BCUT2D eigenvalue weighted by atomic mass is 10.5. The van der Waals surface area contributed by atoms with Gasteiger partial charge in [-0.2, -0.15) is 0 Å². The minimum Gasteiger partial charge on any atom is -0.465 e. The molecule has 0 amide bonds. The molecule has 1 aromatic heterocycles. The molecule has 4 heteroatoms. The summed E-state index contributed by atoms with van der Waals surface area (Å²) in [6, 6.07) is 3.30. The Morgan fingerprint density at radius 1 is 1.64 bits per heavy atom. The average molecular weight is 193 g/mol. The van der Waals surface area contributed by atoms with E-state index in [-0.39, 0.29) is 13.4 Å². The fraction of sp³-hybridized carbons (Fsp3) is 0.286. The van der Waals surface area contributed by atoms with Crippen molar-refractivity contribution in [2.75, 3.05) is 7.11 Å². The standard InChI is InChI=1S/C6H5ClO2S.CH4/c1-9-6(8)4-2-3-5(7)10-4;/h2-3H,1H3;1H4. The molecule has 1 heterocycles. The van der Waals surface area contributed by atoms with Gasteiger partial charge in [-0.15, -0.1) is 11.3 Å². The second kappa shape index (κ2) is 4.36. The van der Waals surface area contributed by atoms with Gasteiger partial charge in [0.1, 0.15) is 4.88 Å². The number of thiophene rings is 1. The summed E-state index contributed by atoms with van der Waals surface area (Å²) >= 11 is 6.78. The van der Waals surface area contributed by atoms with Gasteiger partial charge in [0.05, 0.1) is 11.4 Å². The molecule has 0 unspecified atom stereocenters. The van der Waals surface area contributed by atoms with Gasteiger partial charge in [0.25, 0.3) is 0 Å². The Morgan fingerprint density at radius 2 is 2.27 bits per heavy atom. The zero-order chi connectivity index (χ0) is 7.56. The van der Waals surface area contributed by atoms with E-state index in [0.717, 1.165) is 0 Å². The van der Waals surface area contributed by atoms with E-state index >= 15 is 0 Å². The molecule has 1 rings (SSSR count). The number of hydrogen-bond donors (Lipinski definition) is 0. The van der Waals surface area contributed by atoms with E-state index in [9.17, 15) is 4.79 Å². The molecule has 0 saturated heterocycles. The molecule has 0 fully saturated rings. The minimum atomic E-state index is -0.336. The monoisotopic (exact) mass is 192 g/mol. The van der Waals surface area contributed by atoms with Crippen LogP contribution in [0.25, 0.3) is 0 Å². The van der Waals surface area contributed by atoms with Gasteiger partial charge < -0.3 is 4.74 Å². The van der Waals surface area contributed by atoms with E-state index in [1.807, 2.05) is 0 Å². The van der Waals surface area contributed by atoms with Crippen LogP contribution in [0.4, 0.5) is 0 Å². The Hall–Kier alpha value is -0.540. The average Bonchev–Trinajstić information content (AvgIpc) is 2.34. The van der Waals surface area contributed by atoms with Crippen molar-refractivity contribution in [1.82, 2.24) is 0 Å². The van der Waals surface area contributed by atoms with Crippen LogP contribution in [0.15, 0.2) is 12.1 Å². The molecule has 2 nitrogen and oxygen atoms in total. The number of methoxy groups -OCH3 is 1. The highest BCUT2D eigenvalue weighted by atomic mass is 35.5. The van der Waals surface area contributed by atoms with Crippen molar-refractivity contribution >= 4 is 28.9 Å². The fourth-order valence-electron chi connectivity index (χ4n) is 0.525. The topological polar surface area (TPSA) is 26.3 Å². The molecular formula is C7H9ClO2S. The first-order chi connectivity index (χ1) is 4.74. The van der Waals surface area contributed by atoms with Crippen molar-refractivity contribution < 1.29 is 9.53 Å². The summed E-state index contributed by atoms with van der Waals surface area (Å²) in [6.07, 6.45) is 0. The lowest BCUT2D eigenvalue weighted by molar-refractivity contribution is 0.0606. The van der Waals surface area contributed by atoms with Gasteiger partial charge in [0, 0.05) is 0 Å². The Balaban J connectivity index is 0.000001000. The Morgan fingerprint density at radius 3 is 2.64 bits per heavy atom. The lowest BCUT2D eigenvalue weighted by Crippen LogP contribution is -1.96. The molecule has 11 heavy (non-hydrogen) atoms. The van der Waals surface area contributed by atoms with E-state index in [0.29, 0.717) is 9.21 Å². The third-order valence-electron chi connectivity index (χ3n) is 0.960. The molecule has 0 aromatic carbocycles. The van der Waals surface area contributed by atoms with E-state index in [2.05, 4.69) is 4.74 Å².